The predicted molar refractivity (Wildman–Crippen MR) is 63.4 cm³/mol. The molecule has 1 aliphatic heterocycles. The summed E-state index contributed by atoms with van der Waals surface area (Å²) >= 11 is 0. The number of benzene rings is 1. The van der Waals surface area contributed by atoms with E-state index in [0.29, 0.717) is 6.54 Å². The summed E-state index contributed by atoms with van der Waals surface area (Å²) in [6.45, 7) is 1.44. The fourth-order valence-electron chi connectivity index (χ4n) is 1.71. The molecule has 1 heterocycles. The van der Waals surface area contributed by atoms with Crippen molar-refractivity contribution >= 4 is 15.0 Å². The highest BCUT2D eigenvalue weighted by Gasteiger charge is 2.19. The van der Waals surface area contributed by atoms with Crippen molar-refractivity contribution in [3.8, 4) is 5.75 Å². The van der Waals surface area contributed by atoms with Crippen molar-refractivity contribution in [3.63, 3.8) is 0 Å². The highest BCUT2D eigenvalue weighted by Crippen LogP contribution is 2.25. The molecule has 0 spiro atoms. The summed E-state index contributed by atoms with van der Waals surface area (Å²) < 4.78 is 1.98. The zero-order valence-corrected chi connectivity index (χ0v) is 9.45. The molecule has 80 valence electrons. The standard InChI is InChI=1S/C11H14NO2P/c13-9-3-1-8(2-4-9)10-5-6-12(15)7-11(10)14/h1-5,11,13-14H,6-7,15H2. The first-order chi connectivity index (χ1) is 7.16. The zero-order valence-electron chi connectivity index (χ0n) is 8.30. The maximum atomic E-state index is 9.88. The van der Waals surface area contributed by atoms with Crippen LogP contribution >= 0.6 is 9.39 Å². The Morgan fingerprint density at radius 2 is 1.93 bits per heavy atom. The summed E-state index contributed by atoms with van der Waals surface area (Å²) in [6, 6.07) is 6.91. The van der Waals surface area contributed by atoms with E-state index in [1.54, 1.807) is 12.1 Å². The number of aromatic hydroxyl groups is 1. The van der Waals surface area contributed by atoms with E-state index in [1.807, 2.05) is 22.9 Å². The zero-order chi connectivity index (χ0) is 10.8. The fraction of sp³-hybridized carbons (Fsp3) is 0.273. The highest BCUT2D eigenvalue weighted by atomic mass is 31.0. The van der Waals surface area contributed by atoms with Crippen molar-refractivity contribution < 1.29 is 10.2 Å². The van der Waals surface area contributed by atoms with Crippen molar-refractivity contribution in [2.75, 3.05) is 13.1 Å². The van der Waals surface area contributed by atoms with Crippen LogP contribution in [-0.4, -0.2) is 34.1 Å². The predicted octanol–water partition coefficient (Wildman–Crippen LogP) is 1.24. The van der Waals surface area contributed by atoms with Crippen LogP contribution in [0.5, 0.6) is 5.75 Å². The molecule has 0 amide bonds. The molecule has 2 atom stereocenters. The lowest BCUT2D eigenvalue weighted by Crippen LogP contribution is -2.30. The third kappa shape index (κ3) is 2.37. The molecule has 1 aromatic carbocycles. The van der Waals surface area contributed by atoms with E-state index < -0.39 is 6.10 Å². The maximum Gasteiger partial charge on any atom is 0.115 e. The van der Waals surface area contributed by atoms with E-state index in [2.05, 4.69) is 9.39 Å². The van der Waals surface area contributed by atoms with Gasteiger partial charge in [0.05, 0.1) is 6.10 Å². The number of hydrogen-bond acceptors (Lipinski definition) is 3. The van der Waals surface area contributed by atoms with Crippen LogP contribution in [0.25, 0.3) is 5.57 Å². The Morgan fingerprint density at radius 3 is 2.53 bits per heavy atom. The largest absolute Gasteiger partial charge is 0.508 e. The van der Waals surface area contributed by atoms with Gasteiger partial charge in [-0.15, -0.1) is 0 Å². The van der Waals surface area contributed by atoms with Crippen LogP contribution < -0.4 is 0 Å². The van der Waals surface area contributed by atoms with E-state index in [0.717, 1.165) is 17.7 Å². The molecule has 0 bridgehead atoms. The first-order valence-corrected chi connectivity index (χ1v) is 5.35. The Balaban J connectivity index is 2.27. The van der Waals surface area contributed by atoms with Crippen LogP contribution in [0, 0.1) is 0 Å². The number of nitrogens with zero attached hydrogens (tertiary/aromatic N) is 1. The van der Waals surface area contributed by atoms with Crippen LogP contribution in [0.1, 0.15) is 5.56 Å². The molecular formula is C11H14NO2P. The molecule has 2 unspecified atom stereocenters. The summed E-state index contributed by atoms with van der Waals surface area (Å²) in [5.74, 6) is 0.248. The van der Waals surface area contributed by atoms with Crippen LogP contribution in [0.4, 0.5) is 0 Å². The smallest absolute Gasteiger partial charge is 0.115 e. The molecule has 3 nitrogen and oxygen atoms in total. The molecule has 1 aliphatic rings. The molecule has 4 heteroatoms. The molecule has 2 rings (SSSR count). The normalized spacial score (nSPS) is 22.5. The van der Waals surface area contributed by atoms with Crippen LogP contribution in [-0.2, 0) is 0 Å². The van der Waals surface area contributed by atoms with Crippen molar-refractivity contribution in [1.82, 2.24) is 4.67 Å². The van der Waals surface area contributed by atoms with Gasteiger partial charge in [0.2, 0.25) is 0 Å². The van der Waals surface area contributed by atoms with Crippen molar-refractivity contribution in [3.05, 3.63) is 35.9 Å². The van der Waals surface area contributed by atoms with Gasteiger partial charge in [-0.25, -0.2) is 0 Å². The van der Waals surface area contributed by atoms with Crippen LogP contribution in [0.3, 0.4) is 0 Å². The first kappa shape index (κ1) is 10.6. The number of hydrogen-bond donors (Lipinski definition) is 2. The van der Waals surface area contributed by atoms with Gasteiger partial charge in [-0.05, 0) is 23.3 Å². The Morgan fingerprint density at radius 1 is 1.27 bits per heavy atom. The SMILES string of the molecule is Oc1ccc(C2=CCN(P)CC2O)cc1. The van der Waals surface area contributed by atoms with Gasteiger partial charge in [0.1, 0.15) is 5.75 Å². The minimum absolute atomic E-state index is 0.248. The minimum Gasteiger partial charge on any atom is -0.508 e. The Labute approximate surface area is 91.3 Å². The maximum absolute atomic E-state index is 9.88. The van der Waals surface area contributed by atoms with Gasteiger partial charge in [-0.3, -0.25) is 4.67 Å². The summed E-state index contributed by atoms with van der Waals surface area (Å²) in [5, 5.41) is 19.0. The molecule has 1 aromatic rings. The second-order valence-corrected chi connectivity index (χ2v) is 4.41. The van der Waals surface area contributed by atoms with Crippen molar-refractivity contribution in [2.24, 2.45) is 0 Å². The Hall–Kier alpha value is -0.890. The van der Waals surface area contributed by atoms with Gasteiger partial charge in [0.25, 0.3) is 0 Å². The van der Waals surface area contributed by atoms with Gasteiger partial charge in [-0.2, -0.15) is 0 Å². The second kappa shape index (κ2) is 4.31. The lowest BCUT2D eigenvalue weighted by Gasteiger charge is -2.26. The number of aliphatic hydroxyl groups is 1. The summed E-state index contributed by atoms with van der Waals surface area (Å²) in [6.07, 6.45) is 1.55. The number of β-amino-alcohol motifs (C(OH)–C–C–N with tert-alkyl or cyclic N) is 1. The molecular weight excluding hydrogens is 209 g/mol. The van der Waals surface area contributed by atoms with Gasteiger partial charge >= 0.3 is 0 Å². The first-order valence-electron chi connectivity index (χ1n) is 4.84. The number of phenolic OH excluding ortho intramolecular Hbond substituents is 1. The third-order valence-electron chi connectivity index (χ3n) is 2.51. The van der Waals surface area contributed by atoms with E-state index in [1.165, 1.54) is 0 Å². The average molecular weight is 223 g/mol. The molecule has 0 aliphatic carbocycles. The van der Waals surface area contributed by atoms with Gasteiger partial charge in [0.15, 0.2) is 0 Å². The highest BCUT2D eigenvalue weighted by molar-refractivity contribution is 7.13. The van der Waals surface area contributed by atoms with E-state index in [9.17, 15) is 5.11 Å². The van der Waals surface area contributed by atoms with Crippen LogP contribution in [0.2, 0.25) is 0 Å². The molecule has 0 aromatic heterocycles. The van der Waals surface area contributed by atoms with Gasteiger partial charge in [-0.1, -0.05) is 27.6 Å². The minimum atomic E-state index is -0.458. The number of phenols is 1. The molecule has 0 radical (unpaired) electrons. The van der Waals surface area contributed by atoms with Gasteiger partial charge in [0, 0.05) is 13.1 Å². The molecule has 0 fully saturated rings. The molecule has 0 saturated carbocycles. The second-order valence-electron chi connectivity index (χ2n) is 3.68. The Kier molecular flexibility index (Phi) is 3.06. The van der Waals surface area contributed by atoms with E-state index in [-0.39, 0.29) is 5.75 Å². The fourth-order valence-corrected chi connectivity index (χ4v) is 2.02. The van der Waals surface area contributed by atoms with Gasteiger partial charge < -0.3 is 10.2 Å². The molecule has 2 N–H and O–H groups in total. The third-order valence-corrected chi connectivity index (χ3v) is 2.93. The van der Waals surface area contributed by atoms with E-state index >= 15 is 0 Å². The summed E-state index contributed by atoms with van der Waals surface area (Å²) in [7, 11) is 2.58. The summed E-state index contributed by atoms with van der Waals surface area (Å²) in [5.41, 5.74) is 1.91. The average Bonchev–Trinajstić information content (AvgIpc) is 2.20. The topological polar surface area (TPSA) is 43.7 Å². The lowest BCUT2D eigenvalue weighted by atomic mass is 9.98. The number of aliphatic hydroxyl groups excluding tert-OH is 1. The summed E-state index contributed by atoms with van der Waals surface area (Å²) in [4.78, 5) is 0. The van der Waals surface area contributed by atoms with Crippen LogP contribution in [0.15, 0.2) is 30.3 Å². The monoisotopic (exact) mass is 223 g/mol. The van der Waals surface area contributed by atoms with Crippen molar-refractivity contribution in [2.45, 2.75) is 6.10 Å². The quantitative estimate of drug-likeness (QED) is 0.704. The molecule has 15 heavy (non-hydrogen) atoms. The molecule has 0 saturated heterocycles. The number of rotatable bonds is 1. The lowest BCUT2D eigenvalue weighted by molar-refractivity contribution is 0.198. The van der Waals surface area contributed by atoms with E-state index in [4.69, 9.17) is 5.11 Å². The van der Waals surface area contributed by atoms with Crippen molar-refractivity contribution in [1.29, 1.82) is 0 Å². The Bertz CT molecular complexity index is 375.